The third-order valence-corrected chi connectivity index (χ3v) is 3.60. The molecule has 0 bridgehead atoms. The Bertz CT molecular complexity index is 487. The average molecular weight is 276 g/mol. The van der Waals surface area contributed by atoms with Crippen LogP contribution < -0.4 is 0 Å². The monoisotopic (exact) mass is 276 g/mol. The molecule has 1 aromatic rings. The number of rotatable bonds is 6. The van der Waals surface area contributed by atoms with Gasteiger partial charge in [0.2, 0.25) is 0 Å². The van der Waals surface area contributed by atoms with E-state index in [-0.39, 0.29) is 19.2 Å². The zero-order valence-corrected chi connectivity index (χ0v) is 12.8. The molecule has 0 aliphatic rings. The largest absolute Gasteiger partial charge is 0.460 e. The van der Waals surface area contributed by atoms with Crippen molar-refractivity contribution in [2.45, 2.75) is 40.7 Å². The van der Waals surface area contributed by atoms with Crippen molar-refractivity contribution in [1.82, 2.24) is 0 Å². The van der Waals surface area contributed by atoms with Crippen LogP contribution in [0.2, 0.25) is 0 Å². The summed E-state index contributed by atoms with van der Waals surface area (Å²) in [4.78, 5) is 12.0. The summed E-state index contributed by atoms with van der Waals surface area (Å²) in [5, 5.41) is 8.89. The van der Waals surface area contributed by atoms with E-state index in [0.717, 1.165) is 23.1 Å². The van der Waals surface area contributed by atoms with Gasteiger partial charge >= 0.3 is 5.97 Å². The van der Waals surface area contributed by atoms with Crippen LogP contribution in [0.4, 0.5) is 0 Å². The molecule has 0 spiro atoms. The number of carbonyl (C=O) groups excluding carboxylic acids is 1. The number of benzene rings is 1. The fourth-order valence-corrected chi connectivity index (χ4v) is 1.76. The van der Waals surface area contributed by atoms with Gasteiger partial charge in [-0.2, -0.15) is 0 Å². The Labute approximate surface area is 121 Å². The first kappa shape index (κ1) is 16.4. The quantitative estimate of drug-likeness (QED) is 0.809. The van der Waals surface area contributed by atoms with E-state index >= 15 is 0 Å². The molecule has 0 aromatic heterocycles. The van der Waals surface area contributed by atoms with Crippen molar-refractivity contribution in [1.29, 1.82) is 0 Å². The minimum absolute atomic E-state index is 0.00354. The number of aliphatic hydroxyl groups is 1. The molecule has 20 heavy (non-hydrogen) atoms. The molecule has 1 aromatic carbocycles. The topological polar surface area (TPSA) is 46.5 Å². The van der Waals surface area contributed by atoms with Crippen LogP contribution in [0.25, 0.3) is 6.08 Å². The van der Waals surface area contributed by atoms with E-state index in [0.29, 0.717) is 0 Å². The number of aliphatic hydroxyl groups excluding tert-OH is 1. The number of ether oxygens (including phenoxy) is 1. The van der Waals surface area contributed by atoms with Crippen LogP contribution in [0.3, 0.4) is 0 Å². The Hall–Kier alpha value is -1.61. The van der Waals surface area contributed by atoms with Crippen molar-refractivity contribution >= 4 is 12.0 Å². The molecule has 0 aliphatic heterocycles. The van der Waals surface area contributed by atoms with Gasteiger partial charge in [0.25, 0.3) is 0 Å². The maximum absolute atomic E-state index is 12.0. The van der Waals surface area contributed by atoms with Crippen molar-refractivity contribution in [2.75, 3.05) is 6.61 Å². The lowest BCUT2D eigenvalue weighted by Gasteiger charge is -2.21. The van der Waals surface area contributed by atoms with E-state index in [4.69, 9.17) is 9.84 Å². The van der Waals surface area contributed by atoms with Crippen LogP contribution in [0.15, 0.2) is 24.3 Å². The number of hydrogen-bond acceptors (Lipinski definition) is 3. The maximum atomic E-state index is 12.0. The molecule has 3 heteroatoms. The van der Waals surface area contributed by atoms with E-state index in [1.54, 1.807) is 6.08 Å². The highest BCUT2D eigenvalue weighted by Gasteiger charge is 2.27. The van der Waals surface area contributed by atoms with Gasteiger partial charge in [0.15, 0.2) is 0 Å². The van der Waals surface area contributed by atoms with Gasteiger partial charge in [-0.1, -0.05) is 37.3 Å². The van der Waals surface area contributed by atoms with Crippen LogP contribution >= 0.6 is 0 Å². The maximum Gasteiger partial charge on any atom is 0.311 e. The molecule has 0 saturated carbocycles. The summed E-state index contributed by atoms with van der Waals surface area (Å²) in [6, 6.07) is 5.88. The summed E-state index contributed by atoms with van der Waals surface area (Å²) in [6.07, 6.45) is 4.30. The van der Waals surface area contributed by atoms with Gasteiger partial charge < -0.3 is 9.84 Å². The molecule has 0 atom stereocenters. The summed E-state index contributed by atoms with van der Waals surface area (Å²) < 4.78 is 5.42. The zero-order chi connectivity index (χ0) is 15.2. The summed E-state index contributed by atoms with van der Waals surface area (Å²) in [7, 11) is 0. The number of hydrogen-bond donors (Lipinski definition) is 1. The molecule has 0 unspecified atom stereocenters. The molecule has 0 amide bonds. The standard InChI is InChI=1S/C17H24O3/c1-5-17(3,4)16(19)20-12-14-9-6-8-13(2)15(14)10-7-11-18/h6-10,18H,5,11-12H2,1-4H3/b10-7-. The predicted molar refractivity (Wildman–Crippen MR) is 81.2 cm³/mol. The molecule has 0 radical (unpaired) electrons. The second-order valence-corrected chi connectivity index (χ2v) is 5.55. The molecule has 0 fully saturated rings. The highest BCUT2D eigenvalue weighted by Crippen LogP contribution is 2.23. The predicted octanol–water partition coefficient (Wildman–Crippen LogP) is 3.48. The van der Waals surface area contributed by atoms with Gasteiger partial charge in [-0.15, -0.1) is 0 Å². The third kappa shape index (κ3) is 4.20. The Morgan fingerprint density at radius 3 is 2.70 bits per heavy atom. The Morgan fingerprint density at radius 1 is 1.40 bits per heavy atom. The highest BCUT2D eigenvalue weighted by atomic mass is 16.5. The Kier molecular flexibility index (Phi) is 5.96. The van der Waals surface area contributed by atoms with E-state index in [2.05, 4.69) is 0 Å². The SMILES string of the molecule is CCC(C)(C)C(=O)OCc1cccc(C)c1/C=C\CO. The summed E-state index contributed by atoms with van der Waals surface area (Å²) in [5.74, 6) is -0.182. The highest BCUT2D eigenvalue weighted by molar-refractivity contribution is 5.76. The molecule has 3 nitrogen and oxygen atoms in total. The zero-order valence-electron chi connectivity index (χ0n) is 12.8. The van der Waals surface area contributed by atoms with Crippen LogP contribution in [-0.4, -0.2) is 17.7 Å². The lowest BCUT2D eigenvalue weighted by Crippen LogP contribution is -2.25. The van der Waals surface area contributed by atoms with Crippen LogP contribution in [-0.2, 0) is 16.1 Å². The molecule has 0 heterocycles. The van der Waals surface area contributed by atoms with Crippen molar-refractivity contribution in [2.24, 2.45) is 5.41 Å². The number of carbonyl (C=O) groups is 1. The lowest BCUT2D eigenvalue weighted by atomic mass is 9.91. The summed E-state index contributed by atoms with van der Waals surface area (Å²) in [6.45, 7) is 8.00. The average Bonchev–Trinajstić information content (AvgIpc) is 2.43. The minimum Gasteiger partial charge on any atom is -0.460 e. The smallest absolute Gasteiger partial charge is 0.311 e. The van der Waals surface area contributed by atoms with Crippen molar-refractivity contribution in [3.05, 3.63) is 41.0 Å². The normalized spacial score (nSPS) is 11.8. The van der Waals surface area contributed by atoms with Gasteiger partial charge in [0.1, 0.15) is 6.61 Å². The van der Waals surface area contributed by atoms with Gasteiger partial charge in [-0.25, -0.2) is 0 Å². The van der Waals surface area contributed by atoms with E-state index < -0.39 is 5.41 Å². The van der Waals surface area contributed by atoms with Crippen LogP contribution in [0.5, 0.6) is 0 Å². The molecular weight excluding hydrogens is 252 g/mol. The third-order valence-electron chi connectivity index (χ3n) is 3.60. The minimum atomic E-state index is -0.453. The van der Waals surface area contributed by atoms with Crippen molar-refractivity contribution in [3.63, 3.8) is 0 Å². The molecule has 1 rings (SSSR count). The Morgan fingerprint density at radius 2 is 2.10 bits per heavy atom. The first-order valence-electron chi connectivity index (χ1n) is 6.95. The molecule has 0 aliphatic carbocycles. The van der Waals surface area contributed by atoms with Crippen LogP contribution in [0, 0.1) is 12.3 Å². The summed E-state index contributed by atoms with van der Waals surface area (Å²) in [5.41, 5.74) is 2.60. The van der Waals surface area contributed by atoms with Gasteiger partial charge in [0, 0.05) is 0 Å². The van der Waals surface area contributed by atoms with E-state index in [9.17, 15) is 4.79 Å². The first-order valence-corrected chi connectivity index (χ1v) is 6.95. The fraction of sp³-hybridized carbons (Fsp3) is 0.471. The molecular formula is C17H24O3. The Balaban J connectivity index is 2.86. The van der Waals surface area contributed by atoms with Crippen molar-refractivity contribution in [3.8, 4) is 0 Å². The van der Waals surface area contributed by atoms with E-state index in [1.807, 2.05) is 52.0 Å². The van der Waals surface area contributed by atoms with Gasteiger partial charge in [0.05, 0.1) is 12.0 Å². The van der Waals surface area contributed by atoms with Gasteiger partial charge in [-0.3, -0.25) is 4.79 Å². The number of esters is 1. The summed E-state index contributed by atoms with van der Waals surface area (Å²) >= 11 is 0. The van der Waals surface area contributed by atoms with Crippen molar-refractivity contribution < 1.29 is 14.6 Å². The molecule has 110 valence electrons. The van der Waals surface area contributed by atoms with Crippen LogP contribution in [0.1, 0.15) is 43.9 Å². The second kappa shape index (κ2) is 7.25. The molecule has 0 saturated heterocycles. The van der Waals surface area contributed by atoms with E-state index in [1.165, 1.54) is 0 Å². The lowest BCUT2D eigenvalue weighted by molar-refractivity contribution is -0.155. The first-order chi connectivity index (χ1) is 9.42. The fourth-order valence-electron chi connectivity index (χ4n) is 1.76. The molecule has 1 N–H and O–H groups in total. The second-order valence-electron chi connectivity index (χ2n) is 5.55. The van der Waals surface area contributed by atoms with Gasteiger partial charge in [-0.05, 0) is 43.9 Å². The number of aryl methyl sites for hydroxylation is 1.